The van der Waals surface area contributed by atoms with Crippen molar-refractivity contribution in [1.29, 1.82) is 0 Å². The molecule has 0 heterocycles. The molecule has 1 aromatic carbocycles. The molecule has 0 amide bonds. The summed E-state index contributed by atoms with van der Waals surface area (Å²) < 4.78 is 0. The van der Waals surface area contributed by atoms with Crippen molar-refractivity contribution in [1.82, 2.24) is 0 Å². The molecular weight excluding hydrogens is 244 g/mol. The molecule has 1 fully saturated rings. The van der Waals surface area contributed by atoms with Gasteiger partial charge in [0.1, 0.15) is 0 Å². The van der Waals surface area contributed by atoms with E-state index < -0.39 is 0 Å². The van der Waals surface area contributed by atoms with Gasteiger partial charge in [-0.15, -0.1) is 0 Å². The van der Waals surface area contributed by atoms with Gasteiger partial charge in [-0.1, -0.05) is 36.4 Å². The Labute approximate surface area is 122 Å². The monoisotopic (exact) mass is 268 g/mol. The zero-order valence-electron chi connectivity index (χ0n) is 12.5. The molecule has 1 saturated carbocycles. The maximum Gasteiger partial charge on any atom is 0.0436 e. The summed E-state index contributed by atoms with van der Waals surface area (Å²) in [6, 6.07) is 8.69. The van der Waals surface area contributed by atoms with E-state index >= 15 is 0 Å². The summed E-state index contributed by atoms with van der Waals surface area (Å²) in [5.74, 6) is 0. The molecule has 20 heavy (non-hydrogen) atoms. The number of rotatable bonds is 6. The van der Waals surface area contributed by atoms with Crippen LogP contribution in [0.4, 0.5) is 0 Å². The SMILES string of the molecule is C=C(C)CC(N=Cc1ccc(CC(C)N)cc1)=C1CC1. The zero-order valence-corrected chi connectivity index (χ0v) is 12.5. The molecule has 0 saturated heterocycles. The summed E-state index contributed by atoms with van der Waals surface area (Å²) in [6.45, 7) is 8.06. The lowest BCUT2D eigenvalue weighted by atomic mass is 10.1. The van der Waals surface area contributed by atoms with E-state index in [0.29, 0.717) is 0 Å². The van der Waals surface area contributed by atoms with E-state index in [4.69, 9.17) is 5.73 Å². The summed E-state index contributed by atoms with van der Waals surface area (Å²) in [7, 11) is 0. The van der Waals surface area contributed by atoms with Gasteiger partial charge < -0.3 is 5.73 Å². The molecule has 0 aromatic heterocycles. The van der Waals surface area contributed by atoms with Gasteiger partial charge in [0.05, 0.1) is 0 Å². The topological polar surface area (TPSA) is 38.4 Å². The third-order valence-electron chi connectivity index (χ3n) is 3.28. The Kier molecular flexibility index (Phi) is 4.91. The molecule has 1 aliphatic rings. The average molecular weight is 268 g/mol. The maximum absolute atomic E-state index is 5.81. The molecule has 1 aliphatic carbocycles. The summed E-state index contributed by atoms with van der Waals surface area (Å²) in [5, 5.41) is 0. The van der Waals surface area contributed by atoms with E-state index in [1.54, 1.807) is 0 Å². The van der Waals surface area contributed by atoms with Gasteiger partial charge in [-0.3, -0.25) is 4.99 Å². The second-order valence-corrected chi connectivity index (χ2v) is 5.87. The van der Waals surface area contributed by atoms with Crippen molar-refractivity contribution < 1.29 is 0 Å². The van der Waals surface area contributed by atoms with Crippen LogP contribution in [0, 0.1) is 0 Å². The molecular formula is C18H24N2. The molecule has 106 valence electrons. The van der Waals surface area contributed by atoms with Crippen LogP contribution in [-0.2, 0) is 6.42 Å². The highest BCUT2D eigenvalue weighted by molar-refractivity contribution is 5.80. The lowest BCUT2D eigenvalue weighted by molar-refractivity contribution is 0.738. The van der Waals surface area contributed by atoms with Gasteiger partial charge in [-0.2, -0.15) is 0 Å². The van der Waals surface area contributed by atoms with Gasteiger partial charge in [-0.25, -0.2) is 0 Å². The summed E-state index contributed by atoms with van der Waals surface area (Å²) in [5.41, 5.74) is 12.1. The van der Waals surface area contributed by atoms with E-state index in [0.717, 1.165) is 18.4 Å². The smallest absolute Gasteiger partial charge is 0.0436 e. The van der Waals surface area contributed by atoms with Gasteiger partial charge in [0.2, 0.25) is 0 Å². The normalized spacial score (nSPS) is 15.4. The Bertz CT molecular complexity index is 527. The minimum Gasteiger partial charge on any atom is -0.328 e. The van der Waals surface area contributed by atoms with E-state index in [2.05, 4.69) is 42.8 Å². The molecule has 2 rings (SSSR count). The van der Waals surface area contributed by atoms with E-state index in [1.807, 2.05) is 13.1 Å². The minimum atomic E-state index is 0.205. The number of nitrogens with two attached hydrogens (primary N) is 1. The predicted octanol–water partition coefficient (Wildman–Crippen LogP) is 4.01. The quantitative estimate of drug-likeness (QED) is 0.614. The van der Waals surface area contributed by atoms with Crippen molar-refractivity contribution in [3.63, 3.8) is 0 Å². The van der Waals surface area contributed by atoms with Crippen molar-refractivity contribution in [3.05, 3.63) is 58.8 Å². The van der Waals surface area contributed by atoms with Crippen LogP contribution in [0.5, 0.6) is 0 Å². The number of nitrogens with zero attached hydrogens (tertiary/aromatic N) is 1. The Morgan fingerprint density at radius 3 is 2.50 bits per heavy atom. The van der Waals surface area contributed by atoms with Crippen LogP contribution < -0.4 is 5.73 Å². The lowest BCUT2D eigenvalue weighted by Crippen LogP contribution is -2.17. The molecule has 0 spiro atoms. The highest BCUT2D eigenvalue weighted by Crippen LogP contribution is 2.34. The molecule has 1 aromatic rings. The third-order valence-corrected chi connectivity index (χ3v) is 3.28. The van der Waals surface area contributed by atoms with Crippen molar-refractivity contribution >= 4 is 6.21 Å². The first kappa shape index (κ1) is 14.7. The standard InChI is InChI=1S/C18H24N2/c1-13(2)10-18(17-8-9-17)20-12-16-6-4-15(5-7-16)11-14(3)19/h4-7,12,14H,1,8-11,19H2,2-3H3. The fourth-order valence-electron chi connectivity index (χ4n) is 2.16. The van der Waals surface area contributed by atoms with Crippen LogP contribution in [0.15, 0.2) is 52.7 Å². The number of benzene rings is 1. The van der Waals surface area contributed by atoms with Crippen LogP contribution in [0.2, 0.25) is 0 Å². The Hall–Kier alpha value is -1.67. The Morgan fingerprint density at radius 1 is 1.35 bits per heavy atom. The molecule has 2 nitrogen and oxygen atoms in total. The van der Waals surface area contributed by atoms with Gasteiger partial charge in [0.25, 0.3) is 0 Å². The van der Waals surface area contributed by atoms with Crippen LogP contribution in [0.3, 0.4) is 0 Å². The number of allylic oxidation sites excluding steroid dienone is 2. The minimum absolute atomic E-state index is 0.205. The fraction of sp³-hybridized carbons (Fsp3) is 0.389. The summed E-state index contributed by atoms with van der Waals surface area (Å²) in [4.78, 5) is 4.66. The van der Waals surface area contributed by atoms with Gasteiger partial charge in [-0.05, 0) is 49.8 Å². The van der Waals surface area contributed by atoms with Gasteiger partial charge in [0, 0.05) is 24.4 Å². The van der Waals surface area contributed by atoms with Crippen LogP contribution in [-0.4, -0.2) is 12.3 Å². The van der Waals surface area contributed by atoms with Crippen molar-refractivity contribution in [2.75, 3.05) is 0 Å². The molecule has 0 bridgehead atoms. The largest absolute Gasteiger partial charge is 0.328 e. The molecule has 0 radical (unpaired) electrons. The van der Waals surface area contributed by atoms with E-state index in [9.17, 15) is 0 Å². The third kappa shape index (κ3) is 4.78. The van der Waals surface area contributed by atoms with E-state index in [1.165, 1.54) is 35.2 Å². The average Bonchev–Trinajstić information content (AvgIpc) is 3.19. The zero-order chi connectivity index (χ0) is 14.5. The molecule has 1 unspecified atom stereocenters. The number of aliphatic imine (C=N–C) groups is 1. The molecule has 2 N–H and O–H groups in total. The highest BCUT2D eigenvalue weighted by atomic mass is 14.7. The highest BCUT2D eigenvalue weighted by Gasteiger charge is 2.16. The number of hydrogen-bond donors (Lipinski definition) is 1. The van der Waals surface area contributed by atoms with Crippen LogP contribution >= 0.6 is 0 Å². The van der Waals surface area contributed by atoms with Crippen LogP contribution in [0.1, 0.15) is 44.2 Å². The van der Waals surface area contributed by atoms with E-state index in [-0.39, 0.29) is 6.04 Å². The lowest BCUT2D eigenvalue weighted by Gasteiger charge is -2.05. The van der Waals surface area contributed by atoms with Gasteiger partial charge in [0.15, 0.2) is 0 Å². The second kappa shape index (κ2) is 6.67. The van der Waals surface area contributed by atoms with Gasteiger partial charge >= 0.3 is 0 Å². The van der Waals surface area contributed by atoms with Crippen molar-refractivity contribution in [2.45, 2.75) is 45.6 Å². The van der Waals surface area contributed by atoms with Crippen molar-refractivity contribution in [3.8, 4) is 0 Å². The maximum atomic E-state index is 5.81. The Balaban J connectivity index is 2.03. The first-order chi connectivity index (χ1) is 9.54. The Morgan fingerprint density at radius 2 is 2.00 bits per heavy atom. The van der Waals surface area contributed by atoms with Crippen LogP contribution in [0.25, 0.3) is 0 Å². The summed E-state index contributed by atoms with van der Waals surface area (Å²) in [6.07, 6.45) is 6.18. The fourth-order valence-corrected chi connectivity index (χ4v) is 2.16. The van der Waals surface area contributed by atoms with Crippen molar-refractivity contribution in [2.24, 2.45) is 10.7 Å². The second-order valence-electron chi connectivity index (χ2n) is 5.87. The first-order valence-electron chi connectivity index (χ1n) is 7.28. The number of hydrogen-bond acceptors (Lipinski definition) is 2. The molecule has 1 atom stereocenters. The molecule has 0 aliphatic heterocycles. The first-order valence-corrected chi connectivity index (χ1v) is 7.28. The molecule has 2 heteroatoms. The predicted molar refractivity (Wildman–Crippen MR) is 87.1 cm³/mol. The summed E-state index contributed by atoms with van der Waals surface area (Å²) >= 11 is 0.